The third-order valence-corrected chi connectivity index (χ3v) is 21.7. The minimum Gasteiger partial charge on any atom is -0.497 e. The minimum absolute atomic E-state index is 0.114. The van der Waals surface area contributed by atoms with E-state index < -0.39 is 0 Å². The molecule has 0 saturated heterocycles. The average Bonchev–Trinajstić information content (AvgIpc) is 0.814. The highest BCUT2D eigenvalue weighted by molar-refractivity contribution is 6.38. The number of methoxy groups -OCH3 is 6. The number of halogens is 9. The number of hydrogen-bond acceptors (Lipinski definition) is 22. The fourth-order valence-electron chi connectivity index (χ4n) is 12.3. The summed E-state index contributed by atoms with van der Waals surface area (Å²) in [5.74, 6) is 5.33. The standard InChI is InChI=1S/C23H21ClN2O4.C22H19ClN2O3.C21H16Cl2N2O2.C20H13Cl3N2O.C20H15Cl2N3O/c1-28-20-13-16(14-21(29-2)22(20)30-3)19(27)11-6-15-5-4-12-25-23(15)26-18-9-7-17(24)8-10-18;1-27-20-12-6-16(14-21(20)28-2)19(26)11-5-15-4-3-13-24-22(15)25-18-9-7-17(23)8-10-18;1-27-17-8-4-14(5-9-17)20(26)11-6-15-3-2-12-24-21(15)25-19-10-7-16(22)13-18(19)23;21-15-6-3-13(4-7-15)19(26)10-5-14-2-1-11-24-20(14)25-18-9-8-16(22)12-17(18)23;21-15-6-9-18(17(22)12-15)25-20-14(2-1-11-24-20)5-10-19(26)13-3-7-16(23)8-4-13/h4-14H,1-3H3,(H,25,26);3-14H,1-2H3,(H,24,25);2-13H,1H3,(H,24,25);1-12H,(H,24,25);1-12H,23H2,(H,24,25)/b11-6+;11-5+;11-6+;2*10-5+. The van der Waals surface area contributed by atoms with E-state index >= 15 is 0 Å². The maximum absolute atomic E-state index is 12.8. The largest absolute Gasteiger partial charge is 0.497 e. The van der Waals surface area contributed by atoms with Crippen LogP contribution in [-0.2, 0) is 0 Å². The number of ketones is 5. The molecule has 31 heteroatoms. The number of nitrogens with two attached hydrogens (primary N) is 1. The van der Waals surface area contributed by atoms with Crippen LogP contribution in [0.15, 0.2) is 328 Å². The topological polar surface area (TPSA) is 291 Å². The minimum atomic E-state index is -0.212. The first-order valence-electron chi connectivity index (χ1n) is 41.1. The molecule has 5 heterocycles. The summed E-state index contributed by atoms with van der Waals surface area (Å²) in [4.78, 5) is 83.9. The lowest BCUT2D eigenvalue weighted by atomic mass is 10.1. The molecule has 5 aromatic heterocycles. The van der Waals surface area contributed by atoms with Crippen molar-refractivity contribution in [3.8, 4) is 34.5 Å². The third kappa shape index (κ3) is 31.1. The van der Waals surface area contributed by atoms with E-state index in [0.717, 1.165) is 39.2 Å². The van der Waals surface area contributed by atoms with Crippen molar-refractivity contribution in [2.45, 2.75) is 0 Å². The number of hydrogen-bond donors (Lipinski definition) is 6. The van der Waals surface area contributed by atoms with Crippen molar-refractivity contribution in [2.75, 3.05) is 75.0 Å². The molecule has 0 aliphatic carbocycles. The molecular weight excluding hydrogens is 1920 g/mol. The third-order valence-electron chi connectivity index (χ3n) is 19.3. The summed E-state index contributed by atoms with van der Waals surface area (Å²) in [7, 11) is 9.20. The predicted octanol–water partition coefficient (Wildman–Crippen LogP) is 29.1. The molecule has 0 fully saturated rings. The van der Waals surface area contributed by atoms with Crippen LogP contribution in [0.1, 0.15) is 79.6 Å². The van der Waals surface area contributed by atoms with Crippen LogP contribution in [0.4, 0.5) is 63.2 Å². The van der Waals surface area contributed by atoms with Gasteiger partial charge in [-0.15, -0.1) is 0 Å². The number of aromatic nitrogens is 5. The summed E-state index contributed by atoms with van der Waals surface area (Å²) in [6.45, 7) is 0. The zero-order valence-electron chi connectivity index (χ0n) is 73.8. The van der Waals surface area contributed by atoms with Crippen LogP contribution in [0.3, 0.4) is 0 Å². The van der Waals surface area contributed by atoms with E-state index in [1.54, 1.807) is 282 Å². The predicted molar refractivity (Wildman–Crippen MR) is 558 cm³/mol. The van der Waals surface area contributed by atoms with Crippen molar-refractivity contribution in [2.24, 2.45) is 0 Å². The van der Waals surface area contributed by atoms with Crippen LogP contribution in [0.2, 0.25) is 45.2 Å². The Bertz CT molecular complexity index is 6710. The number of nitrogens with zero attached hydrogens (tertiary/aromatic N) is 5. The Morgan fingerprint density at radius 1 is 0.263 bits per heavy atom. The smallest absolute Gasteiger partial charge is 0.203 e. The number of nitrogens with one attached hydrogen (secondary N) is 5. The fourth-order valence-corrected chi connectivity index (χ4v) is 14.1. The second-order valence-electron chi connectivity index (χ2n) is 28.5. The van der Waals surface area contributed by atoms with E-state index in [1.165, 1.54) is 58.8 Å². The highest BCUT2D eigenvalue weighted by atomic mass is 35.5. The van der Waals surface area contributed by atoms with E-state index in [-0.39, 0.29) is 28.9 Å². The summed E-state index contributed by atoms with van der Waals surface area (Å²) < 4.78 is 31.5. The van der Waals surface area contributed by atoms with Crippen molar-refractivity contribution in [3.05, 3.63) is 429 Å². The zero-order valence-corrected chi connectivity index (χ0v) is 80.6. The van der Waals surface area contributed by atoms with Crippen LogP contribution in [0, 0.1) is 0 Å². The number of anilines is 11. The number of carbonyl (C=O) groups excluding carboxylic acids is 5. The number of carbonyl (C=O) groups is 5. The van der Waals surface area contributed by atoms with E-state index in [9.17, 15) is 24.0 Å². The molecule has 0 aliphatic rings. The second kappa shape index (κ2) is 52.2. The van der Waals surface area contributed by atoms with E-state index in [1.807, 2.05) is 60.7 Å². The first-order valence-corrected chi connectivity index (χ1v) is 44.5. The van der Waals surface area contributed by atoms with Crippen molar-refractivity contribution >= 4 is 227 Å². The molecule has 0 spiro atoms. The Kier molecular flexibility index (Phi) is 39.1. The molecule has 0 bridgehead atoms. The number of ether oxygens (including phenoxy) is 6. The van der Waals surface area contributed by atoms with Gasteiger partial charge in [-0.1, -0.05) is 104 Å². The van der Waals surface area contributed by atoms with Crippen LogP contribution in [0.25, 0.3) is 30.4 Å². The zero-order chi connectivity index (χ0) is 97.7. The maximum Gasteiger partial charge on any atom is 0.203 e. The molecule has 22 nitrogen and oxygen atoms in total. The molecule has 0 radical (unpaired) electrons. The average molecular weight is 2010 g/mol. The number of nitrogen functional groups attached to an aromatic ring is 1. The Labute approximate surface area is 836 Å². The fraction of sp³-hybridized carbons (Fsp3) is 0.0566. The van der Waals surface area contributed by atoms with E-state index in [0.29, 0.717) is 159 Å². The lowest BCUT2D eigenvalue weighted by Crippen LogP contribution is -2.01. The summed E-state index contributed by atoms with van der Waals surface area (Å²) >= 11 is 54.1. The van der Waals surface area contributed by atoms with Gasteiger partial charge in [-0.05, 0) is 328 Å². The van der Waals surface area contributed by atoms with Gasteiger partial charge in [-0.25, -0.2) is 24.9 Å². The van der Waals surface area contributed by atoms with Crippen molar-refractivity contribution < 1.29 is 52.4 Å². The van der Waals surface area contributed by atoms with Gasteiger partial charge < -0.3 is 60.7 Å². The normalized spacial score (nSPS) is 10.8. The van der Waals surface area contributed by atoms with E-state index in [4.69, 9.17) is 139 Å². The first-order chi connectivity index (χ1) is 66.3. The van der Waals surface area contributed by atoms with Crippen LogP contribution in [0.5, 0.6) is 34.5 Å². The molecule has 0 aliphatic heterocycles. The lowest BCUT2D eigenvalue weighted by molar-refractivity contribution is 0.103. The summed E-state index contributed by atoms with van der Waals surface area (Å²) in [6.07, 6.45) is 24.4. The Morgan fingerprint density at radius 2 is 0.533 bits per heavy atom. The highest BCUT2D eigenvalue weighted by Gasteiger charge is 2.19. The van der Waals surface area contributed by atoms with Crippen LogP contribution < -0.4 is 60.7 Å². The van der Waals surface area contributed by atoms with Gasteiger partial charge in [0.15, 0.2) is 51.9 Å². The maximum atomic E-state index is 12.8. The number of rotatable bonds is 31. The number of allylic oxidation sites excluding steroid dienone is 5. The van der Waals surface area contributed by atoms with Crippen molar-refractivity contribution in [1.29, 1.82) is 0 Å². The Hall–Kier alpha value is -14.8. The molecule has 15 rings (SSSR count). The molecular formula is C106H84Cl9N11O11. The van der Waals surface area contributed by atoms with Crippen LogP contribution >= 0.6 is 104 Å². The van der Waals surface area contributed by atoms with Gasteiger partial charge in [0.1, 0.15) is 34.8 Å². The van der Waals surface area contributed by atoms with Crippen LogP contribution in [-0.4, -0.2) is 96.5 Å². The Morgan fingerprint density at radius 3 is 0.839 bits per heavy atom. The monoisotopic (exact) mass is 2000 g/mol. The molecule has 10 aromatic carbocycles. The first kappa shape index (κ1) is 103. The molecule has 0 amide bonds. The highest BCUT2D eigenvalue weighted by Crippen LogP contribution is 2.40. The molecule has 692 valence electrons. The van der Waals surface area contributed by atoms with Gasteiger partial charge in [0, 0.05) is 134 Å². The van der Waals surface area contributed by atoms with Gasteiger partial charge in [-0.2, -0.15) is 0 Å². The molecule has 0 saturated carbocycles. The number of pyridine rings is 5. The molecule has 15 aromatic rings. The van der Waals surface area contributed by atoms with Gasteiger partial charge in [0.05, 0.1) is 74.8 Å². The van der Waals surface area contributed by atoms with E-state index in [2.05, 4.69) is 51.5 Å². The lowest BCUT2D eigenvalue weighted by Gasteiger charge is -2.13. The summed E-state index contributed by atoms with van der Waals surface area (Å²) in [5.41, 5.74) is 16.4. The molecule has 7 N–H and O–H groups in total. The molecule has 0 atom stereocenters. The van der Waals surface area contributed by atoms with Gasteiger partial charge in [0.2, 0.25) is 5.75 Å². The number of benzene rings is 10. The quantitative estimate of drug-likeness (QED) is 0.0134. The summed E-state index contributed by atoms with van der Waals surface area (Å²) in [6, 6.07) is 77.1. The van der Waals surface area contributed by atoms with Crippen molar-refractivity contribution in [1.82, 2.24) is 24.9 Å². The summed E-state index contributed by atoms with van der Waals surface area (Å²) in [5, 5.41) is 20.9. The Balaban J connectivity index is 0.000000164. The molecule has 0 unspecified atom stereocenters. The second-order valence-corrected chi connectivity index (χ2v) is 32.4. The van der Waals surface area contributed by atoms with Gasteiger partial charge >= 0.3 is 0 Å². The molecule has 137 heavy (non-hydrogen) atoms. The van der Waals surface area contributed by atoms with Gasteiger partial charge in [0.25, 0.3) is 0 Å². The van der Waals surface area contributed by atoms with Gasteiger partial charge in [-0.3, -0.25) is 24.0 Å². The SMILES string of the molecule is COc1cc(C(=O)/C=C/c2cccnc2Nc2ccc(Cl)cc2)cc(OC)c1OC.COc1ccc(C(=O)/C=C/c2cccnc2Nc2ccc(Cl)cc2)cc1OC.COc1ccc(C(=O)/C=C/c2cccnc2Nc2ccc(Cl)cc2Cl)cc1.Nc1ccc(C(=O)/C=C/c2cccnc2Nc2ccc(Cl)cc2Cl)cc1.O=C(/C=C/c1cccnc1Nc1ccc(Cl)cc1Cl)c1ccc(Cl)cc1. The van der Waals surface area contributed by atoms with Crippen molar-refractivity contribution in [3.63, 3.8) is 0 Å².